The lowest BCUT2D eigenvalue weighted by atomic mass is 10.3. The molecule has 88 valence electrons. The van der Waals surface area contributed by atoms with Gasteiger partial charge in [0.05, 0.1) is 10.7 Å². The molecule has 5 heteroatoms. The Kier molecular flexibility index (Phi) is 4.15. The number of nitrogens with two attached hydrogens (primary N) is 1. The maximum atomic E-state index is 6.07. The van der Waals surface area contributed by atoms with E-state index in [2.05, 4.69) is 4.98 Å². The second-order valence-electron chi connectivity index (χ2n) is 3.44. The lowest BCUT2D eigenvalue weighted by Gasteiger charge is -2.05. The van der Waals surface area contributed by atoms with Gasteiger partial charge in [-0.15, -0.1) is 11.8 Å². The number of hydrogen-bond acceptors (Lipinski definition) is 3. The molecule has 0 radical (unpaired) electrons. The zero-order valence-corrected chi connectivity index (χ0v) is 11.2. The first-order chi connectivity index (χ1) is 8.15. The molecule has 0 aliphatic heterocycles. The fraction of sp³-hybridized carbons (Fsp3) is 0.0833. The van der Waals surface area contributed by atoms with Gasteiger partial charge in [0, 0.05) is 27.6 Å². The summed E-state index contributed by atoms with van der Waals surface area (Å²) < 4.78 is 0. The zero-order valence-electron chi connectivity index (χ0n) is 8.86. The van der Waals surface area contributed by atoms with Gasteiger partial charge in [-0.3, -0.25) is 4.98 Å². The Morgan fingerprint density at radius 2 is 2.00 bits per heavy atom. The summed E-state index contributed by atoms with van der Waals surface area (Å²) in [6, 6.07) is 9.03. The van der Waals surface area contributed by atoms with Crippen LogP contribution in [0.2, 0.25) is 10.0 Å². The summed E-state index contributed by atoms with van der Waals surface area (Å²) >= 11 is 13.5. The Labute approximate surface area is 114 Å². The number of nitrogens with zero attached hydrogens (tertiary/aromatic N) is 1. The summed E-state index contributed by atoms with van der Waals surface area (Å²) in [5.41, 5.74) is 7.33. The van der Waals surface area contributed by atoms with Crippen molar-refractivity contribution in [3.05, 3.63) is 52.3 Å². The minimum atomic E-state index is 0.689. The molecule has 0 saturated heterocycles. The van der Waals surface area contributed by atoms with E-state index in [4.69, 9.17) is 28.9 Å². The van der Waals surface area contributed by atoms with Crippen molar-refractivity contribution in [1.29, 1.82) is 0 Å². The molecule has 0 fully saturated rings. The SMILES string of the molecule is Nc1ccc(Cl)c(SCc2cc(Cl)ccn2)c1. The fourth-order valence-corrected chi connectivity index (χ4v) is 2.66. The number of anilines is 1. The van der Waals surface area contributed by atoms with Gasteiger partial charge in [-0.05, 0) is 30.3 Å². The molecule has 1 aromatic heterocycles. The van der Waals surface area contributed by atoms with Crippen LogP contribution in [-0.2, 0) is 5.75 Å². The third kappa shape index (κ3) is 3.53. The van der Waals surface area contributed by atoms with Crippen molar-refractivity contribution < 1.29 is 0 Å². The van der Waals surface area contributed by atoms with Crippen LogP contribution in [0, 0.1) is 0 Å². The van der Waals surface area contributed by atoms with Crippen LogP contribution in [-0.4, -0.2) is 4.98 Å². The maximum absolute atomic E-state index is 6.07. The van der Waals surface area contributed by atoms with E-state index in [1.54, 1.807) is 36.2 Å². The van der Waals surface area contributed by atoms with Crippen LogP contribution in [0.5, 0.6) is 0 Å². The molecule has 0 unspecified atom stereocenters. The summed E-state index contributed by atoms with van der Waals surface area (Å²) in [6.45, 7) is 0. The van der Waals surface area contributed by atoms with Crippen molar-refractivity contribution in [1.82, 2.24) is 4.98 Å². The molecule has 0 bridgehead atoms. The molecule has 2 rings (SSSR count). The largest absolute Gasteiger partial charge is 0.399 e. The molecule has 0 spiro atoms. The highest BCUT2D eigenvalue weighted by molar-refractivity contribution is 7.98. The Morgan fingerprint density at radius 3 is 2.76 bits per heavy atom. The molecule has 0 aliphatic rings. The van der Waals surface area contributed by atoms with Crippen molar-refractivity contribution in [3.63, 3.8) is 0 Å². The van der Waals surface area contributed by atoms with Crippen molar-refractivity contribution in [2.45, 2.75) is 10.6 Å². The van der Waals surface area contributed by atoms with Gasteiger partial charge in [0.1, 0.15) is 0 Å². The van der Waals surface area contributed by atoms with E-state index in [1.165, 1.54) is 0 Å². The van der Waals surface area contributed by atoms with Crippen molar-refractivity contribution in [2.24, 2.45) is 0 Å². The predicted molar refractivity (Wildman–Crippen MR) is 74.7 cm³/mol. The van der Waals surface area contributed by atoms with E-state index in [0.717, 1.165) is 10.6 Å². The van der Waals surface area contributed by atoms with E-state index < -0.39 is 0 Å². The average Bonchev–Trinajstić information content (AvgIpc) is 2.30. The minimum absolute atomic E-state index is 0.689. The van der Waals surface area contributed by atoms with Gasteiger partial charge in [0.25, 0.3) is 0 Å². The van der Waals surface area contributed by atoms with Crippen LogP contribution in [0.4, 0.5) is 5.69 Å². The Balaban J connectivity index is 2.09. The van der Waals surface area contributed by atoms with Crippen LogP contribution >= 0.6 is 35.0 Å². The molecule has 1 aromatic carbocycles. The smallest absolute Gasteiger partial charge is 0.0543 e. The molecule has 0 saturated carbocycles. The summed E-state index contributed by atoms with van der Waals surface area (Å²) in [5.74, 6) is 0.712. The van der Waals surface area contributed by atoms with Gasteiger partial charge in [0.2, 0.25) is 0 Å². The van der Waals surface area contributed by atoms with E-state index in [9.17, 15) is 0 Å². The van der Waals surface area contributed by atoms with E-state index in [1.807, 2.05) is 12.1 Å². The van der Waals surface area contributed by atoms with E-state index in [-0.39, 0.29) is 0 Å². The van der Waals surface area contributed by atoms with Crippen LogP contribution in [0.3, 0.4) is 0 Å². The molecular formula is C12H10Cl2N2S. The predicted octanol–water partition coefficient (Wildman–Crippen LogP) is 4.26. The lowest BCUT2D eigenvalue weighted by Crippen LogP contribution is -1.88. The minimum Gasteiger partial charge on any atom is -0.399 e. The van der Waals surface area contributed by atoms with Crippen molar-refractivity contribution in [2.75, 3.05) is 5.73 Å². The maximum Gasteiger partial charge on any atom is 0.0543 e. The van der Waals surface area contributed by atoms with Crippen LogP contribution in [0.1, 0.15) is 5.69 Å². The number of halogens is 2. The fourth-order valence-electron chi connectivity index (χ4n) is 1.31. The van der Waals surface area contributed by atoms with Crippen molar-refractivity contribution in [3.8, 4) is 0 Å². The highest BCUT2D eigenvalue weighted by atomic mass is 35.5. The van der Waals surface area contributed by atoms with Gasteiger partial charge >= 0.3 is 0 Å². The van der Waals surface area contributed by atoms with Gasteiger partial charge in [-0.1, -0.05) is 23.2 Å². The molecule has 0 aliphatic carbocycles. The number of thioether (sulfide) groups is 1. The second kappa shape index (κ2) is 5.63. The first-order valence-corrected chi connectivity index (χ1v) is 6.67. The van der Waals surface area contributed by atoms with Crippen LogP contribution in [0.15, 0.2) is 41.4 Å². The third-order valence-electron chi connectivity index (χ3n) is 2.11. The Hall–Kier alpha value is -0.900. The molecule has 1 heterocycles. The number of rotatable bonds is 3. The molecule has 17 heavy (non-hydrogen) atoms. The monoisotopic (exact) mass is 284 g/mol. The zero-order chi connectivity index (χ0) is 12.3. The first kappa shape index (κ1) is 12.6. The quantitative estimate of drug-likeness (QED) is 0.676. The highest BCUT2D eigenvalue weighted by Gasteiger charge is 2.03. The summed E-state index contributed by atoms with van der Waals surface area (Å²) in [4.78, 5) is 5.18. The molecule has 2 nitrogen and oxygen atoms in total. The van der Waals surface area contributed by atoms with Crippen molar-refractivity contribution >= 4 is 40.7 Å². The third-order valence-corrected chi connectivity index (χ3v) is 3.88. The van der Waals surface area contributed by atoms with Crippen LogP contribution in [0.25, 0.3) is 0 Å². The number of aromatic nitrogens is 1. The molecule has 0 amide bonds. The van der Waals surface area contributed by atoms with Gasteiger partial charge in [-0.2, -0.15) is 0 Å². The molecule has 2 N–H and O–H groups in total. The summed E-state index contributed by atoms with van der Waals surface area (Å²) in [7, 11) is 0. The first-order valence-electron chi connectivity index (χ1n) is 4.93. The average molecular weight is 285 g/mol. The van der Waals surface area contributed by atoms with Crippen LogP contribution < -0.4 is 5.73 Å². The lowest BCUT2D eigenvalue weighted by molar-refractivity contribution is 1.17. The summed E-state index contributed by atoms with van der Waals surface area (Å²) in [6.07, 6.45) is 1.69. The van der Waals surface area contributed by atoms with Gasteiger partial charge < -0.3 is 5.73 Å². The number of hydrogen-bond donors (Lipinski definition) is 1. The molecule has 2 aromatic rings. The van der Waals surface area contributed by atoms with Gasteiger partial charge in [0.15, 0.2) is 0 Å². The number of pyridine rings is 1. The molecular weight excluding hydrogens is 275 g/mol. The van der Waals surface area contributed by atoms with E-state index >= 15 is 0 Å². The Morgan fingerprint density at radius 1 is 1.18 bits per heavy atom. The second-order valence-corrected chi connectivity index (χ2v) is 5.30. The van der Waals surface area contributed by atoms with E-state index in [0.29, 0.717) is 21.5 Å². The highest BCUT2D eigenvalue weighted by Crippen LogP contribution is 2.31. The Bertz CT molecular complexity index is 532. The topological polar surface area (TPSA) is 38.9 Å². The van der Waals surface area contributed by atoms with Gasteiger partial charge in [-0.25, -0.2) is 0 Å². The standard InChI is InChI=1S/C12H10Cl2N2S/c13-8-3-4-16-10(5-8)7-17-12-6-9(15)1-2-11(12)14/h1-6H,7,15H2. The normalized spacial score (nSPS) is 10.5. The molecule has 0 atom stereocenters. The number of benzene rings is 1. The summed E-state index contributed by atoms with van der Waals surface area (Å²) in [5, 5.41) is 1.39. The number of nitrogen functional groups attached to an aromatic ring is 1.